The molecule has 21 heavy (non-hydrogen) atoms. The minimum absolute atomic E-state index is 0.325. The van der Waals surface area contributed by atoms with E-state index in [2.05, 4.69) is 38.1 Å². The van der Waals surface area contributed by atoms with Gasteiger partial charge in [-0.2, -0.15) is 0 Å². The number of rotatable bonds is 5. The molecule has 1 saturated carbocycles. The number of aromatic nitrogens is 2. The second-order valence-corrected chi connectivity index (χ2v) is 6.92. The number of nitrogens with zero attached hydrogens (tertiary/aromatic N) is 3. The van der Waals surface area contributed by atoms with Crippen LogP contribution in [0.15, 0.2) is 11.6 Å². The largest absolute Gasteiger partial charge is 0.374 e. The van der Waals surface area contributed by atoms with Crippen LogP contribution in [0.1, 0.15) is 24.2 Å². The van der Waals surface area contributed by atoms with Crippen LogP contribution in [0, 0.1) is 6.92 Å². The fourth-order valence-electron chi connectivity index (χ4n) is 3.14. The number of aryl methyl sites for hydroxylation is 1. The van der Waals surface area contributed by atoms with Gasteiger partial charge in [0.25, 0.3) is 0 Å². The van der Waals surface area contributed by atoms with Gasteiger partial charge in [-0.15, -0.1) is 11.3 Å². The lowest BCUT2D eigenvalue weighted by Crippen LogP contribution is -2.47. The monoisotopic (exact) mass is 306 g/mol. The Hall–Kier alpha value is -0.950. The first-order valence-electron chi connectivity index (χ1n) is 7.78. The van der Waals surface area contributed by atoms with E-state index in [-0.39, 0.29) is 0 Å². The first kappa shape index (κ1) is 13.7. The molecule has 2 aliphatic rings. The molecule has 5 nitrogen and oxygen atoms in total. The van der Waals surface area contributed by atoms with Crippen molar-refractivity contribution < 1.29 is 4.74 Å². The Bertz CT molecular complexity index is 618. The van der Waals surface area contributed by atoms with Gasteiger partial charge in [-0.25, -0.2) is 4.98 Å². The number of thiazole rings is 1. The van der Waals surface area contributed by atoms with E-state index in [0.29, 0.717) is 6.10 Å². The van der Waals surface area contributed by atoms with Gasteiger partial charge in [-0.05, 0) is 19.8 Å². The topological polar surface area (TPSA) is 41.8 Å². The van der Waals surface area contributed by atoms with E-state index in [0.717, 1.165) is 49.5 Å². The quantitative estimate of drug-likeness (QED) is 0.912. The molecule has 1 aliphatic heterocycles. The Morgan fingerprint density at radius 3 is 3.24 bits per heavy atom. The highest BCUT2D eigenvalue weighted by Gasteiger charge is 2.32. The molecule has 3 heterocycles. The van der Waals surface area contributed by atoms with Crippen LogP contribution in [-0.4, -0.2) is 52.7 Å². The molecule has 1 atom stereocenters. The molecule has 114 valence electrons. The summed E-state index contributed by atoms with van der Waals surface area (Å²) in [5.41, 5.74) is 2.39. The minimum Gasteiger partial charge on any atom is -0.374 e. The maximum absolute atomic E-state index is 5.88. The van der Waals surface area contributed by atoms with Crippen molar-refractivity contribution in [1.29, 1.82) is 0 Å². The van der Waals surface area contributed by atoms with Crippen LogP contribution in [0.2, 0.25) is 0 Å². The maximum Gasteiger partial charge on any atom is 0.194 e. The number of nitrogens with one attached hydrogen (secondary N) is 1. The average Bonchev–Trinajstić information content (AvgIpc) is 3.18. The zero-order valence-electron chi connectivity index (χ0n) is 12.4. The lowest BCUT2D eigenvalue weighted by atomic mass is 10.2. The summed E-state index contributed by atoms with van der Waals surface area (Å²) in [6, 6.07) is 0.846. The van der Waals surface area contributed by atoms with Crippen LogP contribution in [-0.2, 0) is 11.3 Å². The fourth-order valence-corrected chi connectivity index (χ4v) is 3.92. The van der Waals surface area contributed by atoms with Crippen LogP contribution in [0.5, 0.6) is 0 Å². The SMILES string of the molecule is Cc1nc2sccn2c1CNC[C@H]1CN(C2CC2)CCO1. The van der Waals surface area contributed by atoms with Crippen molar-refractivity contribution in [2.45, 2.75) is 38.5 Å². The molecule has 4 rings (SSSR count). The van der Waals surface area contributed by atoms with Crippen molar-refractivity contribution in [2.24, 2.45) is 0 Å². The van der Waals surface area contributed by atoms with Crippen LogP contribution >= 0.6 is 11.3 Å². The third kappa shape index (κ3) is 2.85. The molecule has 0 amide bonds. The van der Waals surface area contributed by atoms with Gasteiger partial charge in [-0.1, -0.05) is 0 Å². The molecule has 2 aromatic rings. The summed E-state index contributed by atoms with van der Waals surface area (Å²) in [5.74, 6) is 0. The molecular formula is C15H22N4OS. The zero-order chi connectivity index (χ0) is 14.2. The highest BCUT2D eigenvalue weighted by atomic mass is 32.1. The molecule has 0 bridgehead atoms. The summed E-state index contributed by atoms with van der Waals surface area (Å²) in [6.45, 7) is 6.92. The fraction of sp³-hybridized carbons (Fsp3) is 0.667. The molecule has 6 heteroatoms. The predicted molar refractivity (Wildman–Crippen MR) is 83.8 cm³/mol. The molecule has 0 radical (unpaired) electrons. The van der Waals surface area contributed by atoms with Gasteiger partial charge in [0.1, 0.15) is 0 Å². The van der Waals surface area contributed by atoms with E-state index in [4.69, 9.17) is 4.74 Å². The number of hydrogen-bond acceptors (Lipinski definition) is 5. The summed E-state index contributed by atoms with van der Waals surface area (Å²) in [6.07, 6.45) is 5.19. The Kier molecular flexibility index (Phi) is 3.71. The van der Waals surface area contributed by atoms with Crippen molar-refractivity contribution in [3.8, 4) is 0 Å². The number of morpholine rings is 1. The summed E-state index contributed by atoms with van der Waals surface area (Å²) in [7, 11) is 0. The van der Waals surface area contributed by atoms with Crippen molar-refractivity contribution in [2.75, 3.05) is 26.2 Å². The molecule has 2 fully saturated rings. The predicted octanol–water partition coefficient (Wildman–Crippen LogP) is 1.66. The van der Waals surface area contributed by atoms with Gasteiger partial charge in [0.2, 0.25) is 0 Å². The van der Waals surface area contributed by atoms with Gasteiger partial charge in [0, 0.05) is 43.8 Å². The summed E-state index contributed by atoms with van der Waals surface area (Å²) in [5, 5.41) is 5.64. The normalized spacial score (nSPS) is 24.0. The van der Waals surface area contributed by atoms with E-state index >= 15 is 0 Å². The lowest BCUT2D eigenvalue weighted by molar-refractivity contribution is -0.0301. The van der Waals surface area contributed by atoms with Crippen molar-refractivity contribution >= 4 is 16.3 Å². The summed E-state index contributed by atoms with van der Waals surface area (Å²) < 4.78 is 8.07. The molecule has 0 spiro atoms. The number of ether oxygens (including phenoxy) is 1. The minimum atomic E-state index is 0.325. The van der Waals surface area contributed by atoms with Crippen molar-refractivity contribution in [3.63, 3.8) is 0 Å². The Morgan fingerprint density at radius 1 is 1.48 bits per heavy atom. The average molecular weight is 306 g/mol. The van der Waals surface area contributed by atoms with Crippen LogP contribution in [0.25, 0.3) is 4.96 Å². The smallest absolute Gasteiger partial charge is 0.194 e. The van der Waals surface area contributed by atoms with Gasteiger partial charge in [0.15, 0.2) is 4.96 Å². The zero-order valence-corrected chi connectivity index (χ0v) is 13.2. The maximum atomic E-state index is 5.88. The van der Waals surface area contributed by atoms with Gasteiger partial charge < -0.3 is 10.1 Å². The van der Waals surface area contributed by atoms with E-state index in [9.17, 15) is 0 Å². The van der Waals surface area contributed by atoms with Crippen molar-refractivity contribution in [1.82, 2.24) is 19.6 Å². The highest BCUT2D eigenvalue weighted by molar-refractivity contribution is 7.15. The standard InChI is InChI=1S/C15H22N4OS/c1-11-14(19-5-7-21-15(19)17-11)9-16-8-13-10-18(4-6-20-13)12-2-3-12/h5,7,12-13,16H,2-4,6,8-10H2,1H3/t13-/m0/s1. The van der Waals surface area contributed by atoms with E-state index < -0.39 is 0 Å². The third-order valence-corrected chi connectivity index (χ3v) is 5.22. The summed E-state index contributed by atoms with van der Waals surface area (Å²) in [4.78, 5) is 8.26. The molecule has 1 saturated heterocycles. The number of hydrogen-bond donors (Lipinski definition) is 1. The van der Waals surface area contributed by atoms with E-state index in [1.807, 2.05) is 0 Å². The summed E-state index contributed by atoms with van der Waals surface area (Å²) >= 11 is 1.69. The van der Waals surface area contributed by atoms with Crippen LogP contribution in [0.4, 0.5) is 0 Å². The Labute approximate surface area is 128 Å². The molecular weight excluding hydrogens is 284 g/mol. The Morgan fingerprint density at radius 2 is 2.38 bits per heavy atom. The lowest BCUT2D eigenvalue weighted by Gasteiger charge is -2.33. The van der Waals surface area contributed by atoms with Crippen LogP contribution < -0.4 is 5.32 Å². The first-order valence-corrected chi connectivity index (χ1v) is 8.66. The molecule has 1 N–H and O–H groups in total. The van der Waals surface area contributed by atoms with Crippen molar-refractivity contribution in [3.05, 3.63) is 23.0 Å². The number of imidazole rings is 1. The van der Waals surface area contributed by atoms with Gasteiger partial charge in [-0.3, -0.25) is 9.30 Å². The Balaban J connectivity index is 1.32. The second kappa shape index (κ2) is 5.68. The van der Waals surface area contributed by atoms with E-state index in [1.54, 1.807) is 11.3 Å². The van der Waals surface area contributed by atoms with Crippen LogP contribution in [0.3, 0.4) is 0 Å². The van der Waals surface area contributed by atoms with E-state index in [1.165, 1.54) is 18.5 Å². The van der Waals surface area contributed by atoms with Gasteiger partial charge in [0.05, 0.1) is 24.1 Å². The first-order chi connectivity index (χ1) is 10.3. The highest BCUT2D eigenvalue weighted by Crippen LogP contribution is 2.28. The molecule has 1 aliphatic carbocycles. The molecule has 2 aromatic heterocycles. The second-order valence-electron chi connectivity index (χ2n) is 6.05. The van der Waals surface area contributed by atoms with Gasteiger partial charge >= 0.3 is 0 Å². The molecule has 0 unspecified atom stereocenters. The third-order valence-electron chi connectivity index (χ3n) is 4.46. The molecule has 0 aromatic carbocycles. The number of fused-ring (bicyclic) bond motifs is 1.